The standard InChI is InChI=1S/C20H19NO4/c22-15(5-4-13-10-16(23)7-9-20(13)25)3-1-2-14-12-21-19-8-6-17(24)11-18(14)19/h4-12,21,23-25H,1-3H2/b5-4+. The number of hydrogen-bond donors (Lipinski definition) is 4. The molecule has 1 aromatic heterocycles. The van der Waals surface area contributed by atoms with Gasteiger partial charge in [0.2, 0.25) is 0 Å². The lowest BCUT2D eigenvalue weighted by Gasteiger charge is -2.01. The highest BCUT2D eigenvalue weighted by molar-refractivity contribution is 5.94. The van der Waals surface area contributed by atoms with Crippen molar-refractivity contribution in [3.05, 3.63) is 59.8 Å². The van der Waals surface area contributed by atoms with Gasteiger partial charge in [0.1, 0.15) is 17.2 Å². The largest absolute Gasteiger partial charge is 0.508 e. The summed E-state index contributed by atoms with van der Waals surface area (Å²) in [6.07, 6.45) is 6.59. The summed E-state index contributed by atoms with van der Waals surface area (Å²) in [5.74, 6) is 0.219. The molecular formula is C20H19NO4. The van der Waals surface area contributed by atoms with Gasteiger partial charge in [0.05, 0.1) is 0 Å². The number of carbonyl (C=O) groups excluding carboxylic acids is 1. The van der Waals surface area contributed by atoms with Gasteiger partial charge in [-0.1, -0.05) is 0 Å². The molecule has 128 valence electrons. The average Bonchev–Trinajstić information content (AvgIpc) is 2.98. The number of nitrogens with one attached hydrogen (secondary N) is 1. The fourth-order valence-electron chi connectivity index (χ4n) is 2.77. The minimum absolute atomic E-state index is 0.0143. The van der Waals surface area contributed by atoms with Gasteiger partial charge in [0.25, 0.3) is 0 Å². The van der Waals surface area contributed by atoms with E-state index < -0.39 is 0 Å². The summed E-state index contributed by atoms with van der Waals surface area (Å²) in [6, 6.07) is 9.34. The van der Waals surface area contributed by atoms with Crippen LogP contribution in [0.15, 0.2) is 48.7 Å². The first kappa shape index (κ1) is 16.6. The molecule has 5 heteroatoms. The van der Waals surface area contributed by atoms with E-state index >= 15 is 0 Å². The Morgan fingerprint density at radius 1 is 1.04 bits per heavy atom. The van der Waals surface area contributed by atoms with Crippen LogP contribution >= 0.6 is 0 Å². The van der Waals surface area contributed by atoms with Crippen LogP contribution in [0, 0.1) is 0 Å². The van der Waals surface area contributed by atoms with Gasteiger partial charge in [0, 0.05) is 29.1 Å². The van der Waals surface area contributed by atoms with Gasteiger partial charge in [0.15, 0.2) is 5.78 Å². The van der Waals surface area contributed by atoms with Crippen LogP contribution in [-0.2, 0) is 11.2 Å². The van der Waals surface area contributed by atoms with Crippen LogP contribution < -0.4 is 0 Å². The number of phenolic OH excluding ortho intramolecular Hbond substituents is 3. The van der Waals surface area contributed by atoms with E-state index in [1.807, 2.05) is 12.3 Å². The number of aryl methyl sites for hydroxylation is 1. The number of aromatic amines is 1. The zero-order chi connectivity index (χ0) is 17.8. The zero-order valence-corrected chi connectivity index (χ0v) is 13.6. The van der Waals surface area contributed by atoms with E-state index in [0.717, 1.165) is 22.9 Å². The van der Waals surface area contributed by atoms with E-state index in [-0.39, 0.29) is 23.0 Å². The number of benzene rings is 2. The number of aromatic nitrogens is 1. The van der Waals surface area contributed by atoms with Crippen molar-refractivity contribution >= 4 is 22.8 Å². The molecule has 2 aromatic carbocycles. The Kier molecular flexibility index (Phi) is 4.75. The van der Waals surface area contributed by atoms with E-state index in [4.69, 9.17) is 0 Å². The number of aromatic hydroxyl groups is 3. The van der Waals surface area contributed by atoms with Gasteiger partial charge in [-0.15, -0.1) is 0 Å². The quantitative estimate of drug-likeness (QED) is 0.405. The Bertz CT molecular complexity index is 940. The number of rotatable bonds is 6. The van der Waals surface area contributed by atoms with E-state index in [1.54, 1.807) is 12.1 Å². The second-order valence-corrected chi connectivity index (χ2v) is 5.94. The summed E-state index contributed by atoms with van der Waals surface area (Å²) in [4.78, 5) is 15.1. The Morgan fingerprint density at radius 3 is 2.64 bits per heavy atom. The minimum atomic E-state index is -0.0505. The predicted molar refractivity (Wildman–Crippen MR) is 96.7 cm³/mol. The van der Waals surface area contributed by atoms with Gasteiger partial charge in [-0.25, -0.2) is 0 Å². The van der Waals surface area contributed by atoms with Crippen molar-refractivity contribution in [2.75, 3.05) is 0 Å². The zero-order valence-electron chi connectivity index (χ0n) is 13.6. The predicted octanol–water partition coefficient (Wildman–Crippen LogP) is 3.89. The molecule has 0 radical (unpaired) electrons. The molecule has 3 aromatic rings. The summed E-state index contributed by atoms with van der Waals surface area (Å²) in [5.41, 5.74) is 2.42. The highest BCUT2D eigenvalue weighted by Gasteiger charge is 2.06. The third kappa shape index (κ3) is 4.01. The Balaban J connectivity index is 1.58. The summed E-state index contributed by atoms with van der Waals surface area (Å²) in [6.45, 7) is 0. The van der Waals surface area contributed by atoms with Gasteiger partial charge in [-0.05, 0) is 67.0 Å². The lowest BCUT2D eigenvalue weighted by atomic mass is 10.0. The maximum Gasteiger partial charge on any atom is 0.155 e. The Hall–Kier alpha value is -3.21. The van der Waals surface area contributed by atoms with E-state index in [9.17, 15) is 20.1 Å². The summed E-state index contributed by atoms with van der Waals surface area (Å²) in [7, 11) is 0. The van der Waals surface area contributed by atoms with Crippen LogP contribution in [0.3, 0.4) is 0 Å². The highest BCUT2D eigenvalue weighted by Crippen LogP contribution is 2.25. The van der Waals surface area contributed by atoms with Gasteiger partial charge >= 0.3 is 0 Å². The number of carbonyl (C=O) groups is 1. The average molecular weight is 337 g/mol. The summed E-state index contributed by atoms with van der Waals surface area (Å²) >= 11 is 0. The van der Waals surface area contributed by atoms with Crippen molar-refractivity contribution in [3.8, 4) is 17.2 Å². The first-order valence-corrected chi connectivity index (χ1v) is 8.05. The van der Waals surface area contributed by atoms with Gasteiger partial charge in [-0.3, -0.25) is 4.79 Å². The third-order valence-corrected chi connectivity index (χ3v) is 4.08. The number of hydrogen-bond acceptors (Lipinski definition) is 4. The molecule has 0 atom stereocenters. The van der Waals surface area contributed by atoms with Crippen molar-refractivity contribution in [2.45, 2.75) is 19.3 Å². The Morgan fingerprint density at radius 2 is 1.80 bits per heavy atom. The number of fused-ring (bicyclic) bond motifs is 1. The van der Waals surface area contributed by atoms with Crippen LogP contribution in [0.4, 0.5) is 0 Å². The lowest BCUT2D eigenvalue weighted by molar-refractivity contribution is -0.114. The first-order valence-electron chi connectivity index (χ1n) is 8.05. The van der Waals surface area contributed by atoms with E-state index in [0.29, 0.717) is 18.4 Å². The molecule has 1 heterocycles. The molecule has 3 rings (SSSR count). The molecule has 0 aliphatic heterocycles. The smallest absolute Gasteiger partial charge is 0.155 e. The monoisotopic (exact) mass is 337 g/mol. The fourth-order valence-corrected chi connectivity index (χ4v) is 2.77. The molecule has 5 nitrogen and oxygen atoms in total. The summed E-state index contributed by atoms with van der Waals surface area (Å²) in [5, 5.41) is 29.6. The molecule has 0 saturated heterocycles. The number of allylic oxidation sites excluding steroid dienone is 1. The van der Waals surface area contributed by atoms with Crippen LogP contribution in [0.1, 0.15) is 24.0 Å². The molecule has 4 N–H and O–H groups in total. The fraction of sp³-hybridized carbons (Fsp3) is 0.150. The van der Waals surface area contributed by atoms with Crippen molar-refractivity contribution in [2.24, 2.45) is 0 Å². The SMILES string of the molecule is O=C(/C=C/c1cc(O)ccc1O)CCCc1c[nH]c2ccc(O)cc12. The molecule has 25 heavy (non-hydrogen) atoms. The van der Waals surface area contributed by atoms with E-state index in [1.165, 1.54) is 30.4 Å². The minimum Gasteiger partial charge on any atom is -0.508 e. The number of H-pyrrole nitrogens is 1. The lowest BCUT2D eigenvalue weighted by Crippen LogP contribution is -1.94. The van der Waals surface area contributed by atoms with Crippen LogP contribution in [0.2, 0.25) is 0 Å². The van der Waals surface area contributed by atoms with Gasteiger partial charge in [-0.2, -0.15) is 0 Å². The van der Waals surface area contributed by atoms with Crippen molar-refractivity contribution < 1.29 is 20.1 Å². The second-order valence-electron chi connectivity index (χ2n) is 5.94. The molecule has 0 saturated carbocycles. The molecular weight excluding hydrogens is 318 g/mol. The molecule has 0 unspecified atom stereocenters. The van der Waals surface area contributed by atoms with Crippen LogP contribution in [0.5, 0.6) is 17.2 Å². The maximum atomic E-state index is 12.0. The third-order valence-electron chi connectivity index (χ3n) is 4.08. The first-order chi connectivity index (χ1) is 12.0. The van der Waals surface area contributed by atoms with E-state index in [2.05, 4.69) is 4.98 Å². The van der Waals surface area contributed by atoms with Crippen molar-refractivity contribution in [3.63, 3.8) is 0 Å². The van der Waals surface area contributed by atoms with Gasteiger partial charge < -0.3 is 20.3 Å². The maximum absolute atomic E-state index is 12.0. The summed E-state index contributed by atoms with van der Waals surface area (Å²) < 4.78 is 0. The molecule has 0 aliphatic carbocycles. The molecule has 0 amide bonds. The molecule has 0 spiro atoms. The molecule has 0 fully saturated rings. The van der Waals surface area contributed by atoms with Crippen LogP contribution in [-0.4, -0.2) is 26.1 Å². The molecule has 0 bridgehead atoms. The van der Waals surface area contributed by atoms with Crippen molar-refractivity contribution in [1.82, 2.24) is 4.98 Å². The number of ketones is 1. The second kappa shape index (κ2) is 7.13. The highest BCUT2D eigenvalue weighted by atomic mass is 16.3. The topological polar surface area (TPSA) is 93.5 Å². The number of phenols is 3. The Labute approximate surface area is 144 Å². The van der Waals surface area contributed by atoms with Crippen LogP contribution in [0.25, 0.3) is 17.0 Å². The molecule has 0 aliphatic rings. The normalized spacial score (nSPS) is 11.4. The van der Waals surface area contributed by atoms with Crippen molar-refractivity contribution in [1.29, 1.82) is 0 Å².